The summed E-state index contributed by atoms with van der Waals surface area (Å²) >= 11 is 0. The van der Waals surface area contributed by atoms with Gasteiger partial charge in [-0.1, -0.05) is 12.1 Å². The molecule has 0 saturated carbocycles. The average Bonchev–Trinajstić information content (AvgIpc) is 2.59. The number of aliphatic carboxylic acids is 1. The first-order chi connectivity index (χ1) is 13.0. The number of benzene rings is 1. The quantitative estimate of drug-likeness (QED) is 0.543. The molecule has 0 aliphatic rings. The normalized spacial score (nSPS) is 11.1. The summed E-state index contributed by atoms with van der Waals surface area (Å²) in [5, 5.41) is 26.7. The number of hydrogen-bond donors (Lipinski definition) is 2. The number of aromatic nitrogens is 2. The Morgan fingerprint density at radius 3 is 2.57 bits per heavy atom. The van der Waals surface area contributed by atoms with Crippen molar-refractivity contribution in [2.24, 2.45) is 0 Å². The molecule has 0 fully saturated rings. The van der Waals surface area contributed by atoms with Gasteiger partial charge in [-0.2, -0.15) is 5.10 Å². The zero-order valence-corrected chi connectivity index (χ0v) is 15.6. The van der Waals surface area contributed by atoms with Crippen molar-refractivity contribution in [2.75, 3.05) is 0 Å². The Kier molecular flexibility index (Phi) is 5.92. The Morgan fingerprint density at radius 2 is 1.96 bits per heavy atom. The zero-order chi connectivity index (χ0) is 21.1. The van der Waals surface area contributed by atoms with Crippen molar-refractivity contribution in [1.82, 2.24) is 15.1 Å². The number of nitro groups is 1. The number of rotatable bonds is 7. The van der Waals surface area contributed by atoms with E-state index in [2.05, 4.69) is 10.4 Å². The van der Waals surface area contributed by atoms with Crippen LogP contribution in [0.25, 0.3) is 5.69 Å². The topological polar surface area (TPSA) is 144 Å². The van der Waals surface area contributed by atoms with Crippen LogP contribution >= 0.6 is 0 Å². The van der Waals surface area contributed by atoms with Gasteiger partial charge in [0.25, 0.3) is 11.6 Å². The molecule has 2 N–H and O–H groups in total. The maximum absolute atomic E-state index is 12.6. The monoisotopic (exact) mass is 388 g/mol. The van der Waals surface area contributed by atoms with E-state index in [-0.39, 0.29) is 24.2 Å². The molecule has 0 saturated heterocycles. The van der Waals surface area contributed by atoms with Gasteiger partial charge in [0.15, 0.2) is 5.69 Å². The SMILES string of the molecule is Cc1cc(=O)c(C(=O)NC(C)(C)CCC(=O)O)nn1-c1ccccc1[N+](=O)[O-]. The predicted molar refractivity (Wildman–Crippen MR) is 99.6 cm³/mol. The van der Waals surface area contributed by atoms with Gasteiger partial charge in [0.05, 0.1) is 4.92 Å². The van der Waals surface area contributed by atoms with E-state index in [0.717, 1.165) is 0 Å². The minimum absolute atomic E-state index is 0.115. The minimum Gasteiger partial charge on any atom is -0.481 e. The van der Waals surface area contributed by atoms with Crippen LogP contribution in [0.1, 0.15) is 42.9 Å². The molecule has 0 aliphatic heterocycles. The van der Waals surface area contributed by atoms with Crippen LogP contribution in [0.3, 0.4) is 0 Å². The summed E-state index contributed by atoms with van der Waals surface area (Å²) in [6, 6.07) is 7.00. The van der Waals surface area contributed by atoms with Gasteiger partial charge in [0.2, 0.25) is 5.43 Å². The Bertz CT molecular complexity index is 996. The highest BCUT2D eigenvalue weighted by Crippen LogP contribution is 2.22. The highest BCUT2D eigenvalue weighted by molar-refractivity contribution is 5.92. The van der Waals surface area contributed by atoms with Crippen molar-refractivity contribution >= 4 is 17.6 Å². The molecule has 0 atom stereocenters. The average molecular weight is 388 g/mol. The summed E-state index contributed by atoms with van der Waals surface area (Å²) in [5.74, 6) is -1.79. The van der Waals surface area contributed by atoms with Crippen LogP contribution in [0.4, 0.5) is 5.69 Å². The second-order valence-electron chi connectivity index (χ2n) is 6.89. The minimum atomic E-state index is -1.01. The van der Waals surface area contributed by atoms with Crippen molar-refractivity contribution in [1.29, 1.82) is 0 Å². The van der Waals surface area contributed by atoms with E-state index in [0.29, 0.717) is 5.69 Å². The number of nitrogens with one attached hydrogen (secondary N) is 1. The fourth-order valence-electron chi connectivity index (χ4n) is 2.59. The van der Waals surface area contributed by atoms with Crippen LogP contribution in [0.15, 0.2) is 35.1 Å². The number of aryl methyl sites for hydroxylation is 1. The van der Waals surface area contributed by atoms with Gasteiger partial charge in [-0.05, 0) is 33.3 Å². The van der Waals surface area contributed by atoms with Crippen LogP contribution in [0.2, 0.25) is 0 Å². The summed E-state index contributed by atoms with van der Waals surface area (Å²) in [7, 11) is 0. The van der Waals surface area contributed by atoms with Gasteiger partial charge < -0.3 is 10.4 Å². The molecule has 0 aliphatic carbocycles. The van der Waals surface area contributed by atoms with Crippen molar-refractivity contribution in [3.8, 4) is 5.69 Å². The molecule has 1 amide bonds. The van der Waals surface area contributed by atoms with Crippen LogP contribution in [-0.4, -0.2) is 37.2 Å². The number of nitrogens with zero attached hydrogens (tertiary/aromatic N) is 3. The second kappa shape index (κ2) is 7.99. The fourth-order valence-corrected chi connectivity index (χ4v) is 2.59. The molecule has 2 aromatic rings. The summed E-state index contributed by atoms with van der Waals surface area (Å²) < 4.78 is 1.17. The first-order valence-corrected chi connectivity index (χ1v) is 8.41. The molecule has 148 valence electrons. The van der Waals surface area contributed by atoms with E-state index in [1.54, 1.807) is 26.8 Å². The van der Waals surface area contributed by atoms with Gasteiger partial charge >= 0.3 is 5.97 Å². The Balaban J connectivity index is 2.44. The molecular weight excluding hydrogens is 368 g/mol. The lowest BCUT2D eigenvalue weighted by Crippen LogP contribution is -2.45. The van der Waals surface area contributed by atoms with E-state index >= 15 is 0 Å². The number of nitro benzene ring substituents is 1. The maximum Gasteiger partial charge on any atom is 0.303 e. The summed E-state index contributed by atoms with van der Waals surface area (Å²) in [4.78, 5) is 46.3. The number of para-hydroxylation sites is 2. The molecule has 0 unspecified atom stereocenters. The molecule has 1 aromatic carbocycles. The van der Waals surface area contributed by atoms with Crippen molar-refractivity contribution in [3.05, 3.63) is 62.1 Å². The lowest BCUT2D eigenvalue weighted by molar-refractivity contribution is -0.384. The third-order valence-corrected chi connectivity index (χ3v) is 4.04. The van der Waals surface area contributed by atoms with Crippen LogP contribution in [0.5, 0.6) is 0 Å². The Hall–Kier alpha value is -3.56. The molecule has 10 heteroatoms. The van der Waals surface area contributed by atoms with Gasteiger partial charge in [0.1, 0.15) is 5.69 Å². The smallest absolute Gasteiger partial charge is 0.303 e. The lowest BCUT2D eigenvalue weighted by atomic mass is 9.98. The molecule has 10 nitrogen and oxygen atoms in total. The number of carbonyl (C=O) groups is 2. The van der Waals surface area contributed by atoms with Crippen LogP contribution < -0.4 is 10.7 Å². The number of amides is 1. The Morgan fingerprint density at radius 1 is 1.32 bits per heavy atom. The van der Waals surface area contributed by atoms with E-state index < -0.39 is 33.5 Å². The number of hydrogen-bond acceptors (Lipinski definition) is 6. The van der Waals surface area contributed by atoms with E-state index in [1.165, 1.54) is 28.9 Å². The van der Waals surface area contributed by atoms with Gasteiger partial charge in [-0.25, -0.2) is 4.68 Å². The largest absolute Gasteiger partial charge is 0.481 e. The van der Waals surface area contributed by atoms with Gasteiger partial charge in [-0.3, -0.25) is 24.5 Å². The maximum atomic E-state index is 12.6. The third kappa shape index (κ3) is 4.78. The Labute approximate surface area is 160 Å². The summed E-state index contributed by atoms with van der Waals surface area (Å²) in [6.45, 7) is 4.80. The third-order valence-electron chi connectivity index (χ3n) is 4.04. The van der Waals surface area contributed by atoms with Gasteiger partial charge in [-0.15, -0.1) is 0 Å². The summed E-state index contributed by atoms with van der Waals surface area (Å²) in [6.07, 6.45) is -0.00662. The highest BCUT2D eigenvalue weighted by atomic mass is 16.6. The predicted octanol–water partition coefficient (Wildman–Crippen LogP) is 1.82. The zero-order valence-electron chi connectivity index (χ0n) is 15.6. The fraction of sp³-hybridized carbons (Fsp3) is 0.333. The molecule has 2 rings (SSSR count). The van der Waals surface area contributed by atoms with E-state index in [9.17, 15) is 24.5 Å². The second-order valence-corrected chi connectivity index (χ2v) is 6.89. The molecule has 0 radical (unpaired) electrons. The van der Waals surface area contributed by atoms with Gasteiger partial charge in [0, 0.05) is 29.8 Å². The van der Waals surface area contributed by atoms with Crippen LogP contribution in [-0.2, 0) is 4.79 Å². The van der Waals surface area contributed by atoms with Crippen molar-refractivity contribution in [2.45, 2.75) is 39.2 Å². The standard InChI is InChI=1S/C18H20N4O6/c1-11-10-14(23)16(17(26)19-18(2,3)9-8-15(24)25)20-21(11)12-6-4-5-7-13(12)22(27)28/h4-7,10H,8-9H2,1-3H3,(H,19,26)(H,24,25). The first kappa shape index (κ1) is 20.7. The molecular formula is C18H20N4O6. The molecule has 1 heterocycles. The number of carboxylic acids is 1. The highest BCUT2D eigenvalue weighted by Gasteiger charge is 2.26. The molecule has 0 spiro atoms. The number of carboxylic acid groups (broad SMARTS) is 1. The first-order valence-electron chi connectivity index (χ1n) is 8.41. The van der Waals surface area contributed by atoms with E-state index in [4.69, 9.17) is 5.11 Å². The van der Waals surface area contributed by atoms with Crippen molar-refractivity contribution < 1.29 is 19.6 Å². The molecule has 1 aromatic heterocycles. The molecule has 0 bridgehead atoms. The number of carbonyl (C=O) groups excluding carboxylic acids is 1. The van der Waals surface area contributed by atoms with E-state index in [1.807, 2.05) is 0 Å². The van der Waals surface area contributed by atoms with Crippen LogP contribution in [0, 0.1) is 17.0 Å². The van der Waals surface area contributed by atoms with Crippen molar-refractivity contribution in [3.63, 3.8) is 0 Å². The lowest BCUT2D eigenvalue weighted by Gasteiger charge is -2.25. The molecule has 28 heavy (non-hydrogen) atoms. The summed E-state index contributed by atoms with van der Waals surface area (Å²) in [5.41, 5.74) is -1.76.